The summed E-state index contributed by atoms with van der Waals surface area (Å²) in [5.74, 6) is 0. The van der Waals surface area contributed by atoms with E-state index in [1.807, 2.05) is 13.8 Å². The van der Waals surface area contributed by atoms with Crippen LogP contribution in [-0.4, -0.2) is 17.6 Å². The molecule has 0 amide bonds. The van der Waals surface area contributed by atoms with Gasteiger partial charge in [0, 0.05) is 12.2 Å². The van der Waals surface area contributed by atoms with Crippen LogP contribution in [0.3, 0.4) is 0 Å². The van der Waals surface area contributed by atoms with Crippen LogP contribution >= 0.6 is 0 Å². The molecule has 1 heterocycles. The van der Waals surface area contributed by atoms with Crippen LogP contribution in [0.15, 0.2) is 41.4 Å². The van der Waals surface area contributed by atoms with E-state index < -0.39 is 10.0 Å². The maximum Gasteiger partial charge on any atom is 0.282 e. The highest BCUT2D eigenvalue weighted by Crippen LogP contribution is 2.16. The molecule has 2 aromatic rings. The fourth-order valence-corrected chi connectivity index (χ4v) is 2.80. The summed E-state index contributed by atoms with van der Waals surface area (Å²) in [6.07, 6.45) is 2.14. The van der Waals surface area contributed by atoms with E-state index >= 15 is 0 Å². The minimum absolute atomic E-state index is 0.220. The first-order valence-electron chi connectivity index (χ1n) is 6.08. The summed E-state index contributed by atoms with van der Waals surface area (Å²) < 4.78 is 25.6. The average molecular weight is 279 g/mol. The molecule has 19 heavy (non-hydrogen) atoms. The van der Waals surface area contributed by atoms with Gasteiger partial charge in [-0.2, -0.15) is 17.6 Å². The lowest BCUT2D eigenvalue weighted by Crippen LogP contribution is -2.16. The third-order valence-corrected chi connectivity index (χ3v) is 4.54. The molecular formula is C13H17N3O2S. The Balaban J connectivity index is 2.39. The molecule has 0 aliphatic rings. The smallest absolute Gasteiger partial charge is 0.282 e. The second-order valence-electron chi connectivity index (χ2n) is 4.45. The zero-order chi connectivity index (χ0) is 14.0. The quantitative estimate of drug-likeness (QED) is 0.926. The lowest BCUT2D eigenvalue weighted by molar-refractivity contribution is 0.576. The van der Waals surface area contributed by atoms with Gasteiger partial charge in [0.2, 0.25) is 0 Å². The van der Waals surface area contributed by atoms with Gasteiger partial charge in [-0.3, -0.25) is 0 Å². The Hall–Kier alpha value is -1.66. The molecule has 2 N–H and O–H groups in total. The fourth-order valence-electron chi connectivity index (χ4n) is 1.68. The molecule has 0 saturated heterocycles. The van der Waals surface area contributed by atoms with Crippen molar-refractivity contribution in [1.82, 2.24) is 9.19 Å². The summed E-state index contributed by atoms with van der Waals surface area (Å²) in [4.78, 5) is 0.220. The second kappa shape index (κ2) is 5.14. The molecule has 0 spiro atoms. The number of nitrogens with zero attached hydrogens (tertiary/aromatic N) is 2. The highest BCUT2D eigenvalue weighted by molar-refractivity contribution is 7.89. The SMILES string of the molecule is CCC(N)c1ccn(S(=O)(=O)c2ccc(C)cc2)n1. The monoisotopic (exact) mass is 279 g/mol. The van der Waals surface area contributed by atoms with E-state index in [0.717, 1.165) is 9.65 Å². The van der Waals surface area contributed by atoms with Crippen molar-refractivity contribution in [1.29, 1.82) is 0 Å². The lowest BCUT2D eigenvalue weighted by atomic mass is 10.2. The van der Waals surface area contributed by atoms with E-state index in [9.17, 15) is 8.42 Å². The van der Waals surface area contributed by atoms with Gasteiger partial charge < -0.3 is 5.73 Å². The van der Waals surface area contributed by atoms with Crippen LogP contribution in [0, 0.1) is 6.92 Å². The lowest BCUT2D eigenvalue weighted by Gasteiger charge is -2.06. The molecule has 0 radical (unpaired) electrons. The Morgan fingerprint density at radius 1 is 1.26 bits per heavy atom. The van der Waals surface area contributed by atoms with Gasteiger partial charge in [-0.05, 0) is 31.5 Å². The number of rotatable bonds is 4. The molecule has 5 nitrogen and oxygen atoms in total. The van der Waals surface area contributed by atoms with Crippen LogP contribution in [0.2, 0.25) is 0 Å². The standard InChI is InChI=1S/C13H17N3O2S/c1-3-12(14)13-8-9-16(15-13)19(17,18)11-6-4-10(2)5-7-11/h4-9,12H,3,14H2,1-2H3. The van der Waals surface area contributed by atoms with E-state index in [4.69, 9.17) is 5.73 Å². The van der Waals surface area contributed by atoms with Gasteiger partial charge in [-0.25, -0.2) is 0 Å². The molecule has 0 fully saturated rings. The van der Waals surface area contributed by atoms with Crippen molar-refractivity contribution in [3.63, 3.8) is 0 Å². The van der Waals surface area contributed by atoms with E-state index in [1.165, 1.54) is 6.20 Å². The number of hydrogen-bond acceptors (Lipinski definition) is 4. The summed E-state index contributed by atoms with van der Waals surface area (Å²) in [6, 6.07) is 8.07. The minimum atomic E-state index is -3.63. The summed E-state index contributed by atoms with van der Waals surface area (Å²) >= 11 is 0. The van der Waals surface area contributed by atoms with Crippen molar-refractivity contribution < 1.29 is 8.42 Å². The van der Waals surface area contributed by atoms with Crippen LogP contribution in [0.5, 0.6) is 0 Å². The first-order chi connectivity index (χ1) is 8.95. The van der Waals surface area contributed by atoms with Gasteiger partial charge in [0.15, 0.2) is 0 Å². The summed E-state index contributed by atoms with van der Waals surface area (Å²) in [7, 11) is -3.63. The third kappa shape index (κ3) is 2.69. The topological polar surface area (TPSA) is 78.0 Å². The zero-order valence-corrected chi connectivity index (χ0v) is 11.8. The van der Waals surface area contributed by atoms with Crippen LogP contribution in [0.1, 0.15) is 30.6 Å². The van der Waals surface area contributed by atoms with Crippen LogP contribution in [0.4, 0.5) is 0 Å². The molecule has 1 aromatic heterocycles. The largest absolute Gasteiger partial charge is 0.323 e. The molecule has 102 valence electrons. The van der Waals surface area contributed by atoms with Crippen LogP contribution in [-0.2, 0) is 10.0 Å². The van der Waals surface area contributed by atoms with Crippen molar-refractivity contribution in [2.24, 2.45) is 5.73 Å². The Bertz CT molecular complexity index is 659. The van der Waals surface area contributed by atoms with Gasteiger partial charge in [0.1, 0.15) is 0 Å². The Labute approximate surface area is 113 Å². The van der Waals surface area contributed by atoms with E-state index in [0.29, 0.717) is 12.1 Å². The summed E-state index contributed by atoms with van der Waals surface area (Å²) in [5.41, 5.74) is 7.43. The molecular weight excluding hydrogens is 262 g/mol. The highest BCUT2D eigenvalue weighted by atomic mass is 32.2. The molecule has 1 aromatic carbocycles. The molecule has 6 heteroatoms. The number of hydrogen-bond donors (Lipinski definition) is 1. The Morgan fingerprint density at radius 2 is 1.89 bits per heavy atom. The molecule has 1 unspecified atom stereocenters. The zero-order valence-electron chi connectivity index (χ0n) is 10.9. The normalized spacial score (nSPS) is 13.4. The third-order valence-electron chi connectivity index (χ3n) is 2.97. The van der Waals surface area contributed by atoms with E-state index in [2.05, 4.69) is 5.10 Å². The molecule has 0 aliphatic carbocycles. The number of aromatic nitrogens is 2. The van der Waals surface area contributed by atoms with Gasteiger partial charge >= 0.3 is 0 Å². The maximum atomic E-state index is 12.3. The first-order valence-corrected chi connectivity index (χ1v) is 7.52. The number of nitrogens with two attached hydrogens (primary N) is 1. The van der Waals surface area contributed by atoms with Crippen molar-refractivity contribution in [3.8, 4) is 0 Å². The molecule has 0 saturated carbocycles. The van der Waals surface area contributed by atoms with E-state index in [1.54, 1.807) is 30.3 Å². The van der Waals surface area contributed by atoms with Gasteiger partial charge in [-0.15, -0.1) is 0 Å². The molecule has 0 aliphatic heterocycles. The van der Waals surface area contributed by atoms with Crippen molar-refractivity contribution >= 4 is 10.0 Å². The predicted octanol–water partition coefficient (Wildman–Crippen LogP) is 1.84. The molecule has 1 atom stereocenters. The average Bonchev–Trinajstić information content (AvgIpc) is 2.88. The number of benzene rings is 1. The number of aryl methyl sites for hydroxylation is 1. The van der Waals surface area contributed by atoms with Crippen LogP contribution < -0.4 is 5.73 Å². The predicted molar refractivity (Wildman–Crippen MR) is 73.2 cm³/mol. The van der Waals surface area contributed by atoms with Gasteiger partial charge in [-0.1, -0.05) is 24.6 Å². The van der Waals surface area contributed by atoms with E-state index in [-0.39, 0.29) is 10.9 Å². The summed E-state index contributed by atoms with van der Waals surface area (Å²) in [5, 5.41) is 4.06. The van der Waals surface area contributed by atoms with Gasteiger partial charge in [0.05, 0.1) is 10.6 Å². The van der Waals surface area contributed by atoms with Gasteiger partial charge in [0.25, 0.3) is 10.0 Å². The minimum Gasteiger partial charge on any atom is -0.323 e. The Kier molecular flexibility index (Phi) is 3.73. The maximum absolute atomic E-state index is 12.3. The second-order valence-corrected chi connectivity index (χ2v) is 6.24. The molecule has 2 rings (SSSR count). The summed E-state index contributed by atoms with van der Waals surface area (Å²) in [6.45, 7) is 3.83. The Morgan fingerprint density at radius 3 is 2.47 bits per heavy atom. The van der Waals surface area contributed by atoms with Crippen LogP contribution in [0.25, 0.3) is 0 Å². The van der Waals surface area contributed by atoms with Crippen molar-refractivity contribution in [2.75, 3.05) is 0 Å². The molecule has 0 bridgehead atoms. The van der Waals surface area contributed by atoms with Crippen molar-refractivity contribution in [2.45, 2.75) is 31.2 Å². The highest BCUT2D eigenvalue weighted by Gasteiger charge is 2.19. The van der Waals surface area contributed by atoms with Crippen molar-refractivity contribution in [3.05, 3.63) is 47.8 Å². The first kappa shape index (κ1) is 13.8. The fraction of sp³-hybridized carbons (Fsp3) is 0.308.